The zero-order chi connectivity index (χ0) is 17.3. The molecule has 3 rings (SSSR count). The maximum absolute atomic E-state index is 12.7. The van der Waals surface area contributed by atoms with E-state index in [1.54, 1.807) is 30.7 Å². The van der Waals surface area contributed by atoms with Crippen molar-refractivity contribution in [3.8, 4) is 5.69 Å². The van der Waals surface area contributed by atoms with E-state index < -0.39 is 10.0 Å². The van der Waals surface area contributed by atoms with E-state index in [0.717, 1.165) is 0 Å². The van der Waals surface area contributed by atoms with E-state index in [4.69, 9.17) is 0 Å². The Balaban J connectivity index is 1.89. The molecule has 0 bridgehead atoms. The summed E-state index contributed by atoms with van der Waals surface area (Å²) in [5, 5.41) is 8.23. The van der Waals surface area contributed by atoms with Crippen molar-refractivity contribution < 1.29 is 8.42 Å². The SMILES string of the molecule is CCn1nc(C)c(S(=O)(=O)Nc2ccc(-n3cncn3)cn2)c1C. The van der Waals surface area contributed by atoms with Crippen LogP contribution in [0.4, 0.5) is 5.82 Å². The molecule has 0 atom stereocenters. The number of rotatable bonds is 5. The second-order valence-corrected chi connectivity index (χ2v) is 6.78. The topological polar surface area (TPSA) is 108 Å². The molecule has 0 saturated heterocycles. The molecule has 0 saturated carbocycles. The van der Waals surface area contributed by atoms with Gasteiger partial charge in [0, 0.05) is 6.54 Å². The Morgan fingerprint density at radius 1 is 1.25 bits per heavy atom. The molecule has 0 amide bonds. The van der Waals surface area contributed by atoms with E-state index in [-0.39, 0.29) is 10.7 Å². The first kappa shape index (κ1) is 16.1. The number of pyridine rings is 1. The zero-order valence-corrected chi connectivity index (χ0v) is 14.3. The van der Waals surface area contributed by atoms with Crippen molar-refractivity contribution in [1.82, 2.24) is 29.5 Å². The Morgan fingerprint density at radius 3 is 2.58 bits per heavy atom. The van der Waals surface area contributed by atoms with E-state index >= 15 is 0 Å². The van der Waals surface area contributed by atoms with Crippen molar-refractivity contribution in [3.63, 3.8) is 0 Å². The highest BCUT2D eigenvalue weighted by Gasteiger charge is 2.24. The lowest BCUT2D eigenvalue weighted by Crippen LogP contribution is -2.16. The summed E-state index contributed by atoms with van der Waals surface area (Å²) < 4.78 is 31.0. The van der Waals surface area contributed by atoms with Gasteiger partial charge in [0.1, 0.15) is 23.4 Å². The molecule has 0 spiro atoms. The van der Waals surface area contributed by atoms with Crippen molar-refractivity contribution in [3.05, 3.63) is 42.4 Å². The monoisotopic (exact) mass is 347 g/mol. The van der Waals surface area contributed by atoms with Crippen molar-refractivity contribution in [2.24, 2.45) is 0 Å². The number of hydrogen-bond donors (Lipinski definition) is 1. The summed E-state index contributed by atoms with van der Waals surface area (Å²) in [6, 6.07) is 3.28. The van der Waals surface area contributed by atoms with E-state index in [1.165, 1.54) is 23.5 Å². The van der Waals surface area contributed by atoms with Gasteiger partial charge in [-0.25, -0.2) is 23.1 Å². The minimum atomic E-state index is -3.76. The van der Waals surface area contributed by atoms with Gasteiger partial charge in [0.15, 0.2) is 0 Å². The standard InChI is InChI=1S/C14H17N7O2S/c1-4-20-11(3)14(10(2)18-20)24(22,23)19-13-6-5-12(7-16-13)21-9-15-8-17-21/h5-9H,4H2,1-3H3,(H,16,19). The predicted octanol–water partition coefficient (Wildman–Crippen LogP) is 1.30. The first-order chi connectivity index (χ1) is 11.4. The molecule has 0 aliphatic rings. The third-order valence-electron chi connectivity index (χ3n) is 3.55. The van der Waals surface area contributed by atoms with Crippen LogP contribution >= 0.6 is 0 Å². The fourth-order valence-corrected chi connectivity index (χ4v) is 3.91. The number of sulfonamides is 1. The summed E-state index contributed by atoms with van der Waals surface area (Å²) in [6.45, 7) is 5.93. The van der Waals surface area contributed by atoms with E-state index in [2.05, 4.69) is 24.9 Å². The average Bonchev–Trinajstić information content (AvgIpc) is 3.15. The summed E-state index contributed by atoms with van der Waals surface area (Å²) in [6.07, 6.45) is 4.46. The molecular formula is C14H17N7O2S. The summed E-state index contributed by atoms with van der Waals surface area (Å²) >= 11 is 0. The minimum Gasteiger partial charge on any atom is -0.268 e. The lowest BCUT2D eigenvalue weighted by atomic mass is 10.4. The van der Waals surface area contributed by atoms with Crippen molar-refractivity contribution in [2.75, 3.05) is 4.72 Å². The lowest BCUT2D eigenvalue weighted by Gasteiger charge is -2.08. The molecule has 3 heterocycles. The largest absolute Gasteiger partial charge is 0.268 e. The molecule has 3 aromatic rings. The van der Waals surface area contributed by atoms with Gasteiger partial charge in [-0.3, -0.25) is 9.40 Å². The maximum Gasteiger partial charge on any atom is 0.266 e. The normalized spacial score (nSPS) is 11.6. The third kappa shape index (κ3) is 2.87. The molecule has 126 valence electrons. The van der Waals surface area contributed by atoms with Gasteiger partial charge in [0.05, 0.1) is 23.3 Å². The van der Waals surface area contributed by atoms with E-state index in [1.807, 2.05) is 6.92 Å². The highest BCUT2D eigenvalue weighted by atomic mass is 32.2. The zero-order valence-electron chi connectivity index (χ0n) is 13.5. The van der Waals surface area contributed by atoms with Gasteiger partial charge in [-0.15, -0.1) is 0 Å². The van der Waals surface area contributed by atoms with Crippen LogP contribution < -0.4 is 4.72 Å². The number of aromatic nitrogens is 6. The molecule has 0 fully saturated rings. The summed E-state index contributed by atoms with van der Waals surface area (Å²) in [5.74, 6) is 0.224. The van der Waals surface area contributed by atoms with Crippen molar-refractivity contribution in [2.45, 2.75) is 32.2 Å². The Kier molecular flexibility index (Phi) is 4.06. The van der Waals surface area contributed by atoms with Crippen LogP contribution in [0.3, 0.4) is 0 Å². The van der Waals surface area contributed by atoms with Gasteiger partial charge in [-0.05, 0) is 32.9 Å². The Bertz CT molecular complexity index is 944. The number of anilines is 1. The molecule has 0 radical (unpaired) electrons. The van der Waals surface area contributed by atoms with Crippen LogP contribution in [0.15, 0.2) is 35.9 Å². The fourth-order valence-electron chi connectivity index (χ4n) is 2.49. The van der Waals surface area contributed by atoms with Gasteiger partial charge >= 0.3 is 0 Å². The highest BCUT2D eigenvalue weighted by Crippen LogP contribution is 2.22. The highest BCUT2D eigenvalue weighted by molar-refractivity contribution is 7.92. The van der Waals surface area contributed by atoms with Gasteiger partial charge < -0.3 is 0 Å². The molecule has 9 nitrogen and oxygen atoms in total. The van der Waals surface area contributed by atoms with E-state index in [9.17, 15) is 8.42 Å². The summed E-state index contributed by atoms with van der Waals surface area (Å²) in [5.41, 5.74) is 1.74. The maximum atomic E-state index is 12.7. The first-order valence-electron chi connectivity index (χ1n) is 7.30. The quantitative estimate of drug-likeness (QED) is 0.745. The number of nitrogens with one attached hydrogen (secondary N) is 1. The molecule has 24 heavy (non-hydrogen) atoms. The van der Waals surface area contributed by atoms with Crippen LogP contribution in [0, 0.1) is 13.8 Å². The Hall–Kier alpha value is -2.75. The van der Waals surface area contributed by atoms with E-state index in [0.29, 0.717) is 23.6 Å². The molecule has 1 N–H and O–H groups in total. The fraction of sp³-hybridized carbons (Fsp3) is 0.286. The van der Waals surface area contributed by atoms with Crippen molar-refractivity contribution in [1.29, 1.82) is 0 Å². The number of aryl methyl sites for hydroxylation is 2. The van der Waals surface area contributed by atoms with Crippen LogP contribution in [-0.2, 0) is 16.6 Å². The molecule has 0 aromatic carbocycles. The third-order valence-corrected chi connectivity index (χ3v) is 5.16. The smallest absolute Gasteiger partial charge is 0.266 e. The number of nitrogens with zero attached hydrogens (tertiary/aromatic N) is 6. The molecule has 10 heteroatoms. The van der Waals surface area contributed by atoms with Crippen LogP contribution in [0.1, 0.15) is 18.3 Å². The van der Waals surface area contributed by atoms with Gasteiger partial charge in [0.2, 0.25) is 0 Å². The van der Waals surface area contributed by atoms with Gasteiger partial charge in [0.25, 0.3) is 10.0 Å². The molecule has 3 aromatic heterocycles. The molecule has 0 unspecified atom stereocenters. The molecular weight excluding hydrogens is 330 g/mol. The minimum absolute atomic E-state index is 0.187. The molecule has 0 aliphatic heterocycles. The number of hydrogen-bond acceptors (Lipinski definition) is 6. The van der Waals surface area contributed by atoms with Crippen molar-refractivity contribution >= 4 is 15.8 Å². The first-order valence-corrected chi connectivity index (χ1v) is 8.78. The van der Waals surface area contributed by atoms with Crippen LogP contribution in [0.2, 0.25) is 0 Å². The Labute approximate surface area is 139 Å². The van der Waals surface area contributed by atoms with Crippen LogP contribution in [0.25, 0.3) is 5.69 Å². The van der Waals surface area contributed by atoms with Gasteiger partial charge in [-0.2, -0.15) is 10.2 Å². The van der Waals surface area contributed by atoms with Crippen LogP contribution in [-0.4, -0.2) is 37.9 Å². The Morgan fingerprint density at radius 2 is 2.04 bits per heavy atom. The molecule has 0 aliphatic carbocycles. The van der Waals surface area contributed by atoms with Gasteiger partial charge in [-0.1, -0.05) is 0 Å². The predicted molar refractivity (Wildman–Crippen MR) is 87.3 cm³/mol. The summed E-state index contributed by atoms with van der Waals surface area (Å²) in [4.78, 5) is 8.17. The lowest BCUT2D eigenvalue weighted by molar-refractivity contribution is 0.598. The second-order valence-electron chi connectivity index (χ2n) is 5.16. The average molecular weight is 347 g/mol. The van der Waals surface area contributed by atoms with Crippen LogP contribution in [0.5, 0.6) is 0 Å². The second kappa shape index (κ2) is 6.04. The summed E-state index contributed by atoms with van der Waals surface area (Å²) in [7, 11) is -3.76.